The lowest BCUT2D eigenvalue weighted by Crippen LogP contribution is -2.36. The summed E-state index contributed by atoms with van der Waals surface area (Å²) in [6.45, 7) is 3.60. The molecule has 1 unspecified atom stereocenters. The highest BCUT2D eigenvalue weighted by molar-refractivity contribution is 6.04. The number of hydrogen-bond acceptors (Lipinski definition) is 9. The Labute approximate surface area is 205 Å². The highest BCUT2D eigenvalue weighted by atomic mass is 19.4. The van der Waals surface area contributed by atoms with Gasteiger partial charge in [0, 0.05) is 18.7 Å². The third-order valence-electron chi connectivity index (χ3n) is 5.54. The van der Waals surface area contributed by atoms with E-state index >= 15 is 0 Å². The van der Waals surface area contributed by atoms with E-state index in [1.807, 2.05) is 0 Å². The van der Waals surface area contributed by atoms with E-state index in [-0.39, 0.29) is 46.1 Å². The third kappa shape index (κ3) is 4.88. The number of nitrogens with one attached hydrogen (secondary N) is 2. The van der Waals surface area contributed by atoms with Crippen molar-refractivity contribution in [3.05, 3.63) is 36.1 Å². The van der Waals surface area contributed by atoms with Crippen molar-refractivity contribution in [3.63, 3.8) is 0 Å². The Morgan fingerprint density at radius 1 is 1.27 bits per heavy atom. The van der Waals surface area contributed by atoms with Gasteiger partial charge in [0.2, 0.25) is 5.91 Å². The van der Waals surface area contributed by atoms with Crippen LogP contribution in [0.3, 0.4) is 0 Å². The van der Waals surface area contributed by atoms with Crippen molar-refractivity contribution < 1.29 is 26.7 Å². The summed E-state index contributed by atoms with van der Waals surface area (Å²) in [7, 11) is 0. The first-order chi connectivity index (χ1) is 17.3. The molecule has 0 saturated carbocycles. The molecular formula is C20H20F5N11O. The monoisotopic (exact) mass is 525 g/mol. The molecule has 0 fully saturated rings. The highest BCUT2D eigenvalue weighted by Gasteiger charge is 2.56. The van der Waals surface area contributed by atoms with Gasteiger partial charge in [0.1, 0.15) is 23.7 Å². The van der Waals surface area contributed by atoms with E-state index in [9.17, 15) is 26.7 Å². The van der Waals surface area contributed by atoms with Crippen molar-refractivity contribution in [2.24, 2.45) is 5.22 Å². The van der Waals surface area contributed by atoms with Crippen molar-refractivity contribution in [1.29, 1.82) is 5.53 Å². The van der Waals surface area contributed by atoms with Crippen LogP contribution in [0, 0.1) is 5.53 Å². The Balaban J connectivity index is 1.69. The second kappa shape index (κ2) is 9.29. The zero-order chi connectivity index (χ0) is 27.1. The van der Waals surface area contributed by atoms with Gasteiger partial charge in [0.05, 0.1) is 23.4 Å². The topological polar surface area (TPSA) is 163 Å². The normalized spacial score (nSPS) is 16.0. The smallest absolute Gasteiger partial charge is 0.383 e. The molecular weight excluding hydrogens is 505 g/mol. The molecule has 37 heavy (non-hydrogen) atoms. The fraction of sp³-hybridized carbons (Fsp3) is 0.400. The number of carbonyl (C=O) groups excluding carboxylic acids is 1. The molecule has 12 nitrogen and oxygen atoms in total. The maximum atomic E-state index is 13.5. The van der Waals surface area contributed by atoms with Crippen LogP contribution in [-0.2, 0) is 11.2 Å². The Hall–Kier alpha value is -4.31. The zero-order valence-electron chi connectivity index (χ0n) is 19.3. The van der Waals surface area contributed by atoms with Gasteiger partial charge in [0.15, 0.2) is 11.5 Å². The maximum Gasteiger partial charge on any atom is 0.453 e. The second-order valence-corrected chi connectivity index (χ2v) is 8.38. The van der Waals surface area contributed by atoms with Gasteiger partial charge in [-0.3, -0.25) is 9.80 Å². The van der Waals surface area contributed by atoms with Crippen LogP contribution in [0.25, 0.3) is 17.2 Å². The SMILES string of the molecule is CC(C)N(/C=C/C1C(=O)Nc2nc(-c3cn4ncnc4c(CCC(F)(F)C(F)(F)F)n3)nc(N)c21)N=N. The summed E-state index contributed by atoms with van der Waals surface area (Å²) < 4.78 is 66.1. The van der Waals surface area contributed by atoms with Gasteiger partial charge in [-0.05, 0) is 26.3 Å². The van der Waals surface area contributed by atoms with Crippen LogP contribution in [0.4, 0.5) is 33.6 Å². The molecule has 0 radical (unpaired) electrons. The van der Waals surface area contributed by atoms with Crippen LogP contribution < -0.4 is 11.1 Å². The summed E-state index contributed by atoms with van der Waals surface area (Å²) in [6, 6.07) is -0.142. The number of carbonyl (C=O) groups is 1. The van der Waals surface area contributed by atoms with Crippen LogP contribution in [0.2, 0.25) is 0 Å². The summed E-state index contributed by atoms with van der Waals surface area (Å²) in [6.07, 6.45) is -2.70. The third-order valence-corrected chi connectivity index (χ3v) is 5.54. The van der Waals surface area contributed by atoms with Gasteiger partial charge >= 0.3 is 12.1 Å². The second-order valence-electron chi connectivity index (χ2n) is 8.38. The van der Waals surface area contributed by atoms with E-state index in [0.29, 0.717) is 0 Å². The number of halogens is 5. The number of amides is 1. The molecule has 0 bridgehead atoms. The fourth-order valence-electron chi connectivity index (χ4n) is 3.59. The number of nitrogens with zero attached hydrogens (tertiary/aromatic N) is 8. The van der Waals surface area contributed by atoms with Crippen LogP contribution in [0.15, 0.2) is 30.0 Å². The molecule has 4 rings (SSSR count). The predicted octanol–water partition coefficient (Wildman–Crippen LogP) is 3.50. The van der Waals surface area contributed by atoms with E-state index in [2.05, 4.69) is 35.6 Å². The van der Waals surface area contributed by atoms with Crippen LogP contribution in [0.5, 0.6) is 0 Å². The van der Waals surface area contributed by atoms with Crippen molar-refractivity contribution in [2.75, 3.05) is 11.1 Å². The number of alkyl halides is 5. The van der Waals surface area contributed by atoms with Gasteiger partial charge in [-0.15, -0.1) is 0 Å². The van der Waals surface area contributed by atoms with Gasteiger partial charge in [-0.1, -0.05) is 5.22 Å². The molecule has 0 saturated heterocycles. The molecule has 1 aliphatic rings. The lowest BCUT2D eigenvalue weighted by atomic mass is 10.0. The molecule has 4 heterocycles. The lowest BCUT2D eigenvalue weighted by molar-refractivity contribution is -0.284. The molecule has 0 spiro atoms. The first-order valence-corrected chi connectivity index (χ1v) is 10.8. The van der Waals surface area contributed by atoms with Gasteiger partial charge in [-0.2, -0.15) is 32.6 Å². The number of aryl methyl sites for hydroxylation is 1. The van der Waals surface area contributed by atoms with E-state index in [4.69, 9.17) is 11.3 Å². The summed E-state index contributed by atoms with van der Waals surface area (Å²) in [5.41, 5.74) is 13.4. The zero-order valence-corrected chi connectivity index (χ0v) is 19.3. The number of hydrogen-bond donors (Lipinski definition) is 3. The molecule has 0 aromatic carbocycles. The van der Waals surface area contributed by atoms with Crippen LogP contribution in [0.1, 0.15) is 37.4 Å². The Morgan fingerprint density at radius 3 is 2.65 bits per heavy atom. The minimum absolute atomic E-state index is 0.0103. The number of aromatic nitrogens is 6. The highest BCUT2D eigenvalue weighted by Crippen LogP contribution is 2.39. The number of anilines is 2. The average Bonchev–Trinajstić information content (AvgIpc) is 3.41. The summed E-state index contributed by atoms with van der Waals surface area (Å²) >= 11 is 0. The molecule has 196 valence electrons. The molecule has 17 heteroatoms. The first kappa shape index (κ1) is 25.8. The summed E-state index contributed by atoms with van der Waals surface area (Å²) in [4.78, 5) is 29.0. The number of nitrogen functional groups attached to an aromatic ring is 1. The van der Waals surface area contributed by atoms with E-state index < -0.39 is 36.8 Å². The minimum atomic E-state index is -5.71. The summed E-state index contributed by atoms with van der Waals surface area (Å²) in [5, 5.41) is 11.1. The van der Waals surface area contributed by atoms with Crippen molar-refractivity contribution in [2.45, 2.75) is 50.7 Å². The van der Waals surface area contributed by atoms with Crippen LogP contribution >= 0.6 is 0 Å². The Bertz CT molecular complexity index is 1380. The predicted molar refractivity (Wildman–Crippen MR) is 118 cm³/mol. The average molecular weight is 525 g/mol. The quantitative estimate of drug-likeness (QED) is 0.229. The Kier molecular flexibility index (Phi) is 6.47. The van der Waals surface area contributed by atoms with Gasteiger partial charge in [0.25, 0.3) is 0 Å². The van der Waals surface area contributed by atoms with Gasteiger partial charge in [-0.25, -0.2) is 24.5 Å². The molecule has 4 N–H and O–H groups in total. The van der Waals surface area contributed by atoms with E-state index in [1.165, 1.54) is 23.5 Å². The van der Waals surface area contributed by atoms with Crippen molar-refractivity contribution in [3.8, 4) is 11.5 Å². The van der Waals surface area contributed by atoms with E-state index in [0.717, 1.165) is 10.8 Å². The molecule has 1 aliphatic heterocycles. The number of fused-ring (bicyclic) bond motifs is 2. The Morgan fingerprint density at radius 2 is 2.00 bits per heavy atom. The number of rotatable bonds is 8. The molecule has 1 amide bonds. The van der Waals surface area contributed by atoms with Crippen LogP contribution in [-0.4, -0.2) is 58.6 Å². The first-order valence-electron chi connectivity index (χ1n) is 10.8. The standard InChI is InChI=1S/C20H20F5N11O/c1-9(2)35(34-27)6-4-10-13-14(26)31-15(32-16(13)33-18(10)37)12-7-36-17(28-8-29-36)11(30-12)3-5-19(21,22)20(23,24)25/h4,6-10,27H,3,5H2,1-2H3,(H3,26,31,32,33,37)/b6-4+,34-27?. The van der Waals surface area contributed by atoms with Gasteiger partial charge < -0.3 is 11.1 Å². The molecule has 3 aromatic rings. The minimum Gasteiger partial charge on any atom is -0.383 e. The lowest BCUT2D eigenvalue weighted by Gasteiger charge is -2.19. The largest absolute Gasteiger partial charge is 0.453 e. The molecule has 3 aromatic heterocycles. The number of nitrogens with two attached hydrogens (primary N) is 1. The summed E-state index contributed by atoms with van der Waals surface area (Å²) in [5.74, 6) is -6.40. The van der Waals surface area contributed by atoms with E-state index in [1.54, 1.807) is 13.8 Å². The van der Waals surface area contributed by atoms with Crippen molar-refractivity contribution >= 4 is 23.2 Å². The maximum absolute atomic E-state index is 13.5. The van der Waals surface area contributed by atoms with Crippen molar-refractivity contribution in [1.82, 2.24) is 34.6 Å². The molecule has 1 atom stereocenters. The fourth-order valence-corrected chi connectivity index (χ4v) is 3.59. The molecule has 0 aliphatic carbocycles.